The Morgan fingerprint density at radius 2 is 1.94 bits per heavy atom. The molecule has 3 heteroatoms. The molecule has 1 atom stereocenters. The maximum absolute atomic E-state index is 9.11. The third-order valence-corrected chi connectivity index (χ3v) is 4.02. The van der Waals surface area contributed by atoms with E-state index in [1.807, 2.05) is 0 Å². The number of hydrogen-bond donors (Lipinski definition) is 2. The van der Waals surface area contributed by atoms with E-state index in [2.05, 4.69) is 24.5 Å². The number of aliphatic hydroxyl groups excluding tert-OH is 1. The molecule has 0 aliphatic heterocycles. The lowest BCUT2D eigenvalue weighted by atomic mass is 10.0. The van der Waals surface area contributed by atoms with Gasteiger partial charge in [0.25, 0.3) is 0 Å². The zero-order valence-electron chi connectivity index (χ0n) is 10.6. The highest BCUT2D eigenvalue weighted by Crippen LogP contribution is 2.24. The van der Waals surface area contributed by atoms with Crippen LogP contribution in [0.1, 0.15) is 45.4 Å². The summed E-state index contributed by atoms with van der Waals surface area (Å²) >= 11 is 4.28. The van der Waals surface area contributed by atoms with Crippen molar-refractivity contribution in [1.29, 1.82) is 0 Å². The van der Waals surface area contributed by atoms with Crippen molar-refractivity contribution in [1.82, 2.24) is 4.90 Å². The van der Waals surface area contributed by atoms with E-state index in [-0.39, 0.29) is 0 Å². The quantitative estimate of drug-likeness (QED) is 0.642. The summed E-state index contributed by atoms with van der Waals surface area (Å²) in [5, 5.41) is 9.11. The van der Waals surface area contributed by atoms with E-state index in [0.717, 1.165) is 30.8 Å². The SMILES string of the molecule is CC(CCS)CCN(CCO)C1CCCC1. The molecule has 0 aromatic heterocycles. The topological polar surface area (TPSA) is 23.5 Å². The number of thiol groups is 1. The minimum Gasteiger partial charge on any atom is -0.395 e. The van der Waals surface area contributed by atoms with Crippen molar-refractivity contribution in [2.75, 3.05) is 25.4 Å². The van der Waals surface area contributed by atoms with Gasteiger partial charge in [0.15, 0.2) is 0 Å². The lowest BCUT2D eigenvalue weighted by Crippen LogP contribution is -2.37. The van der Waals surface area contributed by atoms with Gasteiger partial charge in [-0.25, -0.2) is 0 Å². The minimum absolute atomic E-state index is 0.303. The molecule has 16 heavy (non-hydrogen) atoms. The normalized spacial score (nSPS) is 19.5. The van der Waals surface area contributed by atoms with E-state index >= 15 is 0 Å². The van der Waals surface area contributed by atoms with Gasteiger partial charge < -0.3 is 5.11 Å². The Balaban J connectivity index is 2.26. The Morgan fingerprint density at radius 3 is 2.50 bits per heavy atom. The van der Waals surface area contributed by atoms with Crippen LogP contribution in [0.5, 0.6) is 0 Å². The van der Waals surface area contributed by atoms with Gasteiger partial charge >= 0.3 is 0 Å². The second-order valence-corrected chi connectivity index (χ2v) is 5.55. The molecule has 1 saturated carbocycles. The minimum atomic E-state index is 0.303. The summed E-state index contributed by atoms with van der Waals surface area (Å²) in [5.41, 5.74) is 0. The van der Waals surface area contributed by atoms with Crippen molar-refractivity contribution in [2.24, 2.45) is 5.92 Å². The van der Waals surface area contributed by atoms with E-state index < -0.39 is 0 Å². The van der Waals surface area contributed by atoms with E-state index in [1.54, 1.807) is 0 Å². The molecule has 0 aromatic rings. The van der Waals surface area contributed by atoms with Crippen LogP contribution >= 0.6 is 12.6 Å². The van der Waals surface area contributed by atoms with Crippen LogP contribution in [0.15, 0.2) is 0 Å². The van der Waals surface area contributed by atoms with Gasteiger partial charge in [0.05, 0.1) is 6.61 Å². The molecule has 0 radical (unpaired) electrons. The molecule has 1 aliphatic carbocycles. The summed E-state index contributed by atoms with van der Waals surface area (Å²) in [6, 6.07) is 0.746. The van der Waals surface area contributed by atoms with E-state index in [1.165, 1.54) is 38.5 Å². The van der Waals surface area contributed by atoms with E-state index in [4.69, 9.17) is 5.11 Å². The van der Waals surface area contributed by atoms with E-state index in [9.17, 15) is 0 Å². The number of hydrogen-bond acceptors (Lipinski definition) is 3. The van der Waals surface area contributed by atoms with Crippen molar-refractivity contribution in [3.05, 3.63) is 0 Å². The standard InChI is InChI=1S/C13H27NOS/c1-12(7-11-16)6-8-14(9-10-15)13-4-2-3-5-13/h12-13,15-16H,2-11H2,1H3. The fourth-order valence-electron chi connectivity index (χ4n) is 2.63. The fraction of sp³-hybridized carbons (Fsp3) is 1.00. The number of aliphatic hydroxyl groups is 1. The smallest absolute Gasteiger partial charge is 0.0558 e. The van der Waals surface area contributed by atoms with Crippen molar-refractivity contribution < 1.29 is 5.11 Å². The largest absolute Gasteiger partial charge is 0.395 e. The van der Waals surface area contributed by atoms with E-state index in [0.29, 0.717) is 6.61 Å². The molecular weight excluding hydrogens is 218 g/mol. The lowest BCUT2D eigenvalue weighted by Gasteiger charge is -2.29. The molecule has 1 rings (SSSR count). The number of rotatable bonds is 8. The van der Waals surface area contributed by atoms with Gasteiger partial charge in [-0.2, -0.15) is 12.6 Å². The zero-order chi connectivity index (χ0) is 11.8. The summed E-state index contributed by atoms with van der Waals surface area (Å²) < 4.78 is 0. The average molecular weight is 245 g/mol. The van der Waals surface area contributed by atoms with Crippen LogP contribution in [-0.4, -0.2) is 41.5 Å². The molecule has 0 amide bonds. The van der Waals surface area contributed by atoms with Crippen LogP contribution in [0.4, 0.5) is 0 Å². The first kappa shape index (κ1) is 14.3. The second kappa shape index (κ2) is 8.37. The third kappa shape index (κ3) is 5.07. The summed E-state index contributed by atoms with van der Waals surface area (Å²) in [6.07, 6.45) is 7.87. The Kier molecular flexibility index (Phi) is 7.50. The van der Waals surface area contributed by atoms with Crippen molar-refractivity contribution in [3.8, 4) is 0 Å². The average Bonchev–Trinajstić information content (AvgIpc) is 2.78. The first-order valence-electron chi connectivity index (χ1n) is 6.73. The molecule has 1 N–H and O–H groups in total. The molecule has 0 bridgehead atoms. The predicted octanol–water partition coefficient (Wildman–Crippen LogP) is 2.57. The Hall–Kier alpha value is 0.270. The first-order valence-corrected chi connectivity index (χ1v) is 7.37. The summed E-state index contributed by atoms with van der Waals surface area (Å²) in [6.45, 7) is 4.62. The molecular formula is C13H27NOS. The van der Waals surface area contributed by atoms with Crippen LogP contribution in [0.2, 0.25) is 0 Å². The molecule has 2 nitrogen and oxygen atoms in total. The summed E-state index contributed by atoms with van der Waals surface area (Å²) in [7, 11) is 0. The van der Waals surface area contributed by atoms with Gasteiger partial charge in [-0.05, 0) is 43.9 Å². The maximum Gasteiger partial charge on any atom is 0.0558 e. The molecule has 0 heterocycles. The van der Waals surface area contributed by atoms with Crippen molar-refractivity contribution in [3.63, 3.8) is 0 Å². The number of nitrogens with zero attached hydrogens (tertiary/aromatic N) is 1. The van der Waals surface area contributed by atoms with Crippen molar-refractivity contribution in [2.45, 2.75) is 51.5 Å². The highest BCUT2D eigenvalue weighted by atomic mass is 32.1. The molecule has 0 saturated heterocycles. The highest BCUT2D eigenvalue weighted by Gasteiger charge is 2.22. The van der Waals surface area contributed by atoms with Gasteiger partial charge in [0.1, 0.15) is 0 Å². The third-order valence-electron chi connectivity index (χ3n) is 3.76. The van der Waals surface area contributed by atoms with Gasteiger partial charge in [-0.1, -0.05) is 19.8 Å². The summed E-state index contributed by atoms with van der Waals surface area (Å²) in [4.78, 5) is 2.50. The van der Waals surface area contributed by atoms with Gasteiger partial charge in [0.2, 0.25) is 0 Å². The van der Waals surface area contributed by atoms with Gasteiger partial charge in [-0.15, -0.1) is 0 Å². The summed E-state index contributed by atoms with van der Waals surface area (Å²) in [5.74, 6) is 1.75. The predicted molar refractivity (Wildman–Crippen MR) is 73.2 cm³/mol. The molecule has 1 fully saturated rings. The lowest BCUT2D eigenvalue weighted by molar-refractivity contribution is 0.144. The molecule has 1 unspecified atom stereocenters. The zero-order valence-corrected chi connectivity index (χ0v) is 11.5. The van der Waals surface area contributed by atoms with Crippen LogP contribution in [0.25, 0.3) is 0 Å². The van der Waals surface area contributed by atoms with Crippen LogP contribution in [0.3, 0.4) is 0 Å². The van der Waals surface area contributed by atoms with Gasteiger partial charge in [0, 0.05) is 12.6 Å². The fourth-order valence-corrected chi connectivity index (χ4v) is 3.07. The van der Waals surface area contributed by atoms with Crippen LogP contribution < -0.4 is 0 Å². The second-order valence-electron chi connectivity index (χ2n) is 5.10. The first-order chi connectivity index (χ1) is 7.77. The molecule has 0 spiro atoms. The highest BCUT2D eigenvalue weighted by molar-refractivity contribution is 7.80. The Morgan fingerprint density at radius 1 is 1.25 bits per heavy atom. The molecule has 1 aliphatic rings. The Bertz CT molecular complexity index is 171. The van der Waals surface area contributed by atoms with Gasteiger partial charge in [-0.3, -0.25) is 4.90 Å². The molecule has 96 valence electrons. The Labute approximate surface area is 106 Å². The van der Waals surface area contributed by atoms with Crippen LogP contribution in [-0.2, 0) is 0 Å². The van der Waals surface area contributed by atoms with Crippen LogP contribution in [0, 0.1) is 5.92 Å². The maximum atomic E-state index is 9.11. The molecule has 0 aromatic carbocycles. The van der Waals surface area contributed by atoms with Crippen molar-refractivity contribution >= 4 is 12.6 Å². The monoisotopic (exact) mass is 245 g/mol.